The second kappa shape index (κ2) is 8.76. The molecule has 0 fully saturated rings. The van der Waals surface area contributed by atoms with Gasteiger partial charge in [-0.1, -0.05) is 17.7 Å². The molecule has 0 aliphatic carbocycles. The van der Waals surface area contributed by atoms with Crippen LogP contribution in [0.3, 0.4) is 0 Å². The van der Waals surface area contributed by atoms with Crippen molar-refractivity contribution >= 4 is 11.8 Å². The van der Waals surface area contributed by atoms with Crippen LogP contribution in [0.25, 0.3) is 0 Å². The summed E-state index contributed by atoms with van der Waals surface area (Å²) in [4.78, 5) is 23.3. The third-order valence-electron chi connectivity index (χ3n) is 3.39. The highest BCUT2D eigenvalue weighted by Crippen LogP contribution is 2.18. The molecule has 2 rings (SSSR count). The Bertz CT molecular complexity index is 680. The van der Waals surface area contributed by atoms with Gasteiger partial charge in [-0.3, -0.25) is 9.59 Å². The normalized spacial score (nSPS) is 10.2. The summed E-state index contributed by atoms with van der Waals surface area (Å²) < 4.78 is 10.6. The first kappa shape index (κ1) is 17.6. The lowest BCUT2D eigenvalue weighted by molar-refractivity contribution is -0.121. The van der Waals surface area contributed by atoms with Crippen molar-refractivity contribution in [3.05, 3.63) is 53.5 Å². The average molecular weight is 330 g/mol. The fraction of sp³-hybridized carbons (Fsp3) is 0.333. The molecular formula is C18H22N2O4. The number of carbonyl (C=O) groups is 2. The molecule has 0 spiro atoms. The molecule has 0 atom stereocenters. The van der Waals surface area contributed by atoms with Crippen molar-refractivity contribution in [2.24, 2.45) is 0 Å². The first-order valence-electron chi connectivity index (χ1n) is 7.84. The maximum Gasteiger partial charge on any atom is 0.286 e. The van der Waals surface area contributed by atoms with Crippen molar-refractivity contribution in [2.75, 3.05) is 19.7 Å². The van der Waals surface area contributed by atoms with E-state index in [2.05, 4.69) is 16.7 Å². The molecular weight excluding hydrogens is 308 g/mol. The van der Waals surface area contributed by atoms with E-state index in [1.165, 1.54) is 11.8 Å². The van der Waals surface area contributed by atoms with Gasteiger partial charge in [0.05, 0.1) is 12.8 Å². The molecule has 0 saturated carbocycles. The fourth-order valence-electron chi connectivity index (χ4n) is 2.19. The van der Waals surface area contributed by atoms with Gasteiger partial charge in [0, 0.05) is 13.0 Å². The van der Waals surface area contributed by atoms with Gasteiger partial charge in [0.2, 0.25) is 5.91 Å². The zero-order valence-electron chi connectivity index (χ0n) is 13.9. The molecule has 0 bridgehead atoms. The topological polar surface area (TPSA) is 80.6 Å². The number of hydrogen-bond acceptors (Lipinski definition) is 4. The van der Waals surface area contributed by atoms with Crippen molar-refractivity contribution in [2.45, 2.75) is 20.3 Å². The van der Waals surface area contributed by atoms with E-state index in [-0.39, 0.29) is 30.5 Å². The van der Waals surface area contributed by atoms with Crippen LogP contribution in [-0.2, 0) is 4.79 Å². The van der Waals surface area contributed by atoms with Crippen LogP contribution in [0, 0.1) is 13.8 Å². The zero-order valence-corrected chi connectivity index (χ0v) is 13.9. The van der Waals surface area contributed by atoms with Crippen molar-refractivity contribution < 1.29 is 18.7 Å². The smallest absolute Gasteiger partial charge is 0.286 e. The molecule has 0 unspecified atom stereocenters. The van der Waals surface area contributed by atoms with E-state index in [1.807, 2.05) is 26.0 Å². The summed E-state index contributed by atoms with van der Waals surface area (Å²) in [5.74, 6) is 0.586. The molecule has 24 heavy (non-hydrogen) atoms. The van der Waals surface area contributed by atoms with E-state index in [0.717, 1.165) is 11.3 Å². The summed E-state index contributed by atoms with van der Waals surface area (Å²) in [7, 11) is 0. The van der Waals surface area contributed by atoms with Crippen molar-refractivity contribution in [1.29, 1.82) is 0 Å². The third kappa shape index (κ3) is 5.46. The van der Waals surface area contributed by atoms with E-state index < -0.39 is 0 Å². The van der Waals surface area contributed by atoms with Crippen LogP contribution in [0.4, 0.5) is 0 Å². The number of hydrogen-bond donors (Lipinski definition) is 2. The number of benzene rings is 1. The Labute approximate surface area is 141 Å². The van der Waals surface area contributed by atoms with E-state index in [4.69, 9.17) is 9.15 Å². The molecule has 0 radical (unpaired) electrons. The van der Waals surface area contributed by atoms with E-state index in [1.54, 1.807) is 12.1 Å². The van der Waals surface area contributed by atoms with Gasteiger partial charge in [-0.05, 0) is 37.6 Å². The summed E-state index contributed by atoms with van der Waals surface area (Å²) >= 11 is 0. The average Bonchev–Trinajstić information content (AvgIpc) is 3.07. The molecule has 1 aromatic heterocycles. The monoisotopic (exact) mass is 330 g/mol. The second-order valence-electron chi connectivity index (χ2n) is 5.45. The lowest BCUT2D eigenvalue weighted by Crippen LogP contribution is -2.32. The van der Waals surface area contributed by atoms with Crippen molar-refractivity contribution in [1.82, 2.24) is 10.6 Å². The lowest BCUT2D eigenvalue weighted by atomic mass is 10.1. The maximum atomic E-state index is 11.7. The van der Waals surface area contributed by atoms with Crippen LogP contribution >= 0.6 is 0 Å². The van der Waals surface area contributed by atoms with E-state index in [9.17, 15) is 9.59 Å². The standard InChI is InChI=1S/C18H22N2O4/c1-13-5-6-15(14(2)12-13)24-11-9-19-17(21)7-8-20-18(22)16-4-3-10-23-16/h3-6,10,12H,7-9,11H2,1-2H3,(H,19,21)(H,20,22). The Kier molecular flexibility index (Phi) is 6.42. The molecule has 128 valence electrons. The van der Waals surface area contributed by atoms with Crippen LogP contribution in [0.2, 0.25) is 0 Å². The maximum absolute atomic E-state index is 11.7. The Hall–Kier alpha value is -2.76. The van der Waals surface area contributed by atoms with Gasteiger partial charge < -0.3 is 19.8 Å². The van der Waals surface area contributed by atoms with Gasteiger partial charge in [-0.15, -0.1) is 0 Å². The minimum atomic E-state index is -0.328. The quantitative estimate of drug-likeness (QED) is 0.727. The Balaban J connectivity index is 1.59. The number of aryl methyl sites for hydroxylation is 2. The molecule has 2 amide bonds. The van der Waals surface area contributed by atoms with Gasteiger partial charge in [0.15, 0.2) is 5.76 Å². The number of amides is 2. The van der Waals surface area contributed by atoms with Gasteiger partial charge in [0.25, 0.3) is 5.91 Å². The molecule has 0 aliphatic rings. The van der Waals surface area contributed by atoms with Crippen LogP contribution < -0.4 is 15.4 Å². The molecule has 6 nitrogen and oxygen atoms in total. The Morgan fingerprint density at radius 1 is 1.12 bits per heavy atom. The molecule has 2 aromatic rings. The zero-order chi connectivity index (χ0) is 17.4. The number of ether oxygens (including phenoxy) is 1. The highest BCUT2D eigenvalue weighted by molar-refractivity contribution is 5.91. The van der Waals surface area contributed by atoms with Gasteiger partial charge in [0.1, 0.15) is 12.4 Å². The molecule has 0 aliphatic heterocycles. The fourth-order valence-corrected chi connectivity index (χ4v) is 2.19. The van der Waals surface area contributed by atoms with Gasteiger partial charge >= 0.3 is 0 Å². The van der Waals surface area contributed by atoms with Crippen molar-refractivity contribution in [3.8, 4) is 5.75 Å². The highest BCUT2D eigenvalue weighted by atomic mass is 16.5. The first-order chi connectivity index (χ1) is 11.6. The predicted molar refractivity (Wildman–Crippen MR) is 90.1 cm³/mol. The van der Waals surface area contributed by atoms with Gasteiger partial charge in [-0.2, -0.15) is 0 Å². The van der Waals surface area contributed by atoms with Crippen LogP contribution in [0.15, 0.2) is 41.0 Å². The molecule has 1 aromatic carbocycles. The number of furan rings is 1. The van der Waals surface area contributed by atoms with Gasteiger partial charge in [-0.25, -0.2) is 0 Å². The molecule has 0 saturated heterocycles. The number of rotatable bonds is 8. The second-order valence-corrected chi connectivity index (χ2v) is 5.45. The van der Waals surface area contributed by atoms with E-state index in [0.29, 0.717) is 13.2 Å². The summed E-state index contributed by atoms with van der Waals surface area (Å²) in [6.07, 6.45) is 1.63. The summed E-state index contributed by atoms with van der Waals surface area (Å²) in [6, 6.07) is 9.17. The largest absolute Gasteiger partial charge is 0.491 e. The Morgan fingerprint density at radius 3 is 2.67 bits per heavy atom. The van der Waals surface area contributed by atoms with Crippen LogP contribution in [-0.4, -0.2) is 31.5 Å². The SMILES string of the molecule is Cc1ccc(OCCNC(=O)CCNC(=O)c2ccco2)c(C)c1. The lowest BCUT2D eigenvalue weighted by Gasteiger charge is -2.10. The minimum Gasteiger partial charge on any atom is -0.491 e. The van der Waals surface area contributed by atoms with Crippen LogP contribution in [0.1, 0.15) is 28.1 Å². The summed E-state index contributed by atoms with van der Waals surface area (Å²) in [5, 5.41) is 5.37. The van der Waals surface area contributed by atoms with Crippen molar-refractivity contribution in [3.63, 3.8) is 0 Å². The highest BCUT2D eigenvalue weighted by Gasteiger charge is 2.08. The Morgan fingerprint density at radius 2 is 1.96 bits per heavy atom. The molecule has 1 heterocycles. The third-order valence-corrected chi connectivity index (χ3v) is 3.39. The van der Waals surface area contributed by atoms with E-state index >= 15 is 0 Å². The number of carbonyl (C=O) groups excluding carboxylic acids is 2. The first-order valence-corrected chi connectivity index (χ1v) is 7.84. The molecule has 6 heteroatoms. The predicted octanol–water partition coefficient (Wildman–Crippen LogP) is 2.21. The number of nitrogens with one attached hydrogen (secondary N) is 2. The minimum absolute atomic E-state index is 0.140. The molecule has 2 N–H and O–H groups in total. The summed E-state index contributed by atoms with van der Waals surface area (Å²) in [6.45, 7) is 5.08. The summed E-state index contributed by atoms with van der Waals surface area (Å²) in [5.41, 5.74) is 2.26. The van der Waals surface area contributed by atoms with Crippen LogP contribution in [0.5, 0.6) is 5.75 Å².